The van der Waals surface area contributed by atoms with Crippen LogP contribution in [0.25, 0.3) is 0 Å². The third-order valence-corrected chi connectivity index (χ3v) is 2.01. The number of hydrogen-bond donors (Lipinski definition) is 1. The number of nitrogens with two attached hydrogens (primary N) is 1. The van der Waals surface area contributed by atoms with Crippen molar-refractivity contribution >= 4 is 0 Å². The molecule has 14 heavy (non-hydrogen) atoms. The molecule has 0 bridgehead atoms. The SMILES string of the molecule is COCCC(N)c1cccc(F)c1F. The molecule has 1 atom stereocenters. The van der Waals surface area contributed by atoms with E-state index in [2.05, 4.69) is 0 Å². The summed E-state index contributed by atoms with van der Waals surface area (Å²) in [4.78, 5) is 0. The normalized spacial score (nSPS) is 12.9. The lowest BCUT2D eigenvalue weighted by Gasteiger charge is -2.12. The largest absolute Gasteiger partial charge is 0.385 e. The van der Waals surface area contributed by atoms with Crippen LogP contribution in [0.15, 0.2) is 18.2 Å². The molecule has 0 aliphatic heterocycles. The van der Waals surface area contributed by atoms with Crippen molar-refractivity contribution in [3.8, 4) is 0 Å². The van der Waals surface area contributed by atoms with Crippen LogP contribution in [0.3, 0.4) is 0 Å². The molecule has 4 heteroatoms. The summed E-state index contributed by atoms with van der Waals surface area (Å²) in [5.74, 6) is -1.73. The Bertz CT molecular complexity index is 304. The fourth-order valence-electron chi connectivity index (χ4n) is 1.21. The Labute approximate surface area is 81.7 Å². The van der Waals surface area contributed by atoms with Crippen LogP contribution in [0.1, 0.15) is 18.0 Å². The van der Waals surface area contributed by atoms with E-state index in [0.717, 1.165) is 6.07 Å². The van der Waals surface area contributed by atoms with Gasteiger partial charge >= 0.3 is 0 Å². The van der Waals surface area contributed by atoms with E-state index in [1.807, 2.05) is 0 Å². The van der Waals surface area contributed by atoms with Crippen LogP contribution < -0.4 is 5.73 Å². The van der Waals surface area contributed by atoms with Crippen LogP contribution in [0.2, 0.25) is 0 Å². The lowest BCUT2D eigenvalue weighted by molar-refractivity contribution is 0.187. The molecular weight excluding hydrogens is 188 g/mol. The van der Waals surface area contributed by atoms with Crippen molar-refractivity contribution in [3.63, 3.8) is 0 Å². The molecule has 1 unspecified atom stereocenters. The predicted molar refractivity (Wildman–Crippen MR) is 49.8 cm³/mol. The van der Waals surface area contributed by atoms with Gasteiger partial charge in [0.1, 0.15) is 0 Å². The van der Waals surface area contributed by atoms with Gasteiger partial charge in [-0.05, 0) is 12.5 Å². The van der Waals surface area contributed by atoms with Gasteiger partial charge in [0, 0.05) is 25.3 Å². The second-order valence-corrected chi connectivity index (χ2v) is 3.03. The van der Waals surface area contributed by atoms with Gasteiger partial charge in [0.2, 0.25) is 0 Å². The summed E-state index contributed by atoms with van der Waals surface area (Å²) >= 11 is 0. The monoisotopic (exact) mass is 201 g/mol. The van der Waals surface area contributed by atoms with Gasteiger partial charge in [0.15, 0.2) is 11.6 Å². The van der Waals surface area contributed by atoms with Crippen molar-refractivity contribution in [1.82, 2.24) is 0 Å². The first-order valence-electron chi connectivity index (χ1n) is 4.35. The molecule has 78 valence electrons. The smallest absolute Gasteiger partial charge is 0.163 e. The van der Waals surface area contributed by atoms with E-state index in [0.29, 0.717) is 13.0 Å². The topological polar surface area (TPSA) is 35.2 Å². The highest BCUT2D eigenvalue weighted by molar-refractivity contribution is 5.22. The summed E-state index contributed by atoms with van der Waals surface area (Å²) < 4.78 is 30.8. The quantitative estimate of drug-likeness (QED) is 0.808. The van der Waals surface area contributed by atoms with Gasteiger partial charge in [-0.15, -0.1) is 0 Å². The number of halogens is 2. The third kappa shape index (κ3) is 2.49. The minimum absolute atomic E-state index is 0.196. The summed E-state index contributed by atoms with van der Waals surface area (Å²) in [5, 5.41) is 0. The molecule has 0 aliphatic carbocycles. The zero-order chi connectivity index (χ0) is 10.6. The van der Waals surface area contributed by atoms with Gasteiger partial charge in [0.25, 0.3) is 0 Å². The minimum Gasteiger partial charge on any atom is -0.385 e. The zero-order valence-electron chi connectivity index (χ0n) is 7.97. The lowest BCUT2D eigenvalue weighted by Crippen LogP contribution is -2.14. The van der Waals surface area contributed by atoms with E-state index in [1.54, 1.807) is 0 Å². The maximum atomic E-state index is 13.2. The van der Waals surface area contributed by atoms with E-state index in [9.17, 15) is 8.78 Å². The Balaban J connectivity index is 2.79. The van der Waals surface area contributed by atoms with Crippen molar-refractivity contribution < 1.29 is 13.5 Å². The number of ether oxygens (including phenoxy) is 1. The van der Waals surface area contributed by atoms with Crippen LogP contribution in [0.5, 0.6) is 0 Å². The second-order valence-electron chi connectivity index (χ2n) is 3.03. The molecule has 0 fully saturated rings. The van der Waals surface area contributed by atoms with Gasteiger partial charge in [-0.1, -0.05) is 12.1 Å². The second kappa shape index (κ2) is 5.02. The number of hydrogen-bond acceptors (Lipinski definition) is 2. The van der Waals surface area contributed by atoms with Gasteiger partial charge in [-0.3, -0.25) is 0 Å². The molecule has 0 spiro atoms. The Hall–Kier alpha value is -1.00. The molecule has 1 rings (SSSR count). The molecule has 0 radical (unpaired) electrons. The summed E-state index contributed by atoms with van der Waals surface area (Å²) in [6.07, 6.45) is 0.469. The molecule has 0 aliphatic rings. The maximum absolute atomic E-state index is 13.2. The van der Waals surface area contributed by atoms with E-state index >= 15 is 0 Å². The highest BCUT2D eigenvalue weighted by Crippen LogP contribution is 2.19. The van der Waals surface area contributed by atoms with Crippen LogP contribution in [0.4, 0.5) is 8.78 Å². The van der Waals surface area contributed by atoms with Gasteiger partial charge < -0.3 is 10.5 Å². The number of benzene rings is 1. The van der Waals surface area contributed by atoms with Crippen molar-refractivity contribution in [3.05, 3.63) is 35.4 Å². The summed E-state index contributed by atoms with van der Waals surface area (Å²) in [6.45, 7) is 0.428. The Morgan fingerprint density at radius 2 is 2.14 bits per heavy atom. The first-order valence-corrected chi connectivity index (χ1v) is 4.35. The molecule has 0 saturated heterocycles. The van der Waals surface area contributed by atoms with Crippen molar-refractivity contribution in [2.75, 3.05) is 13.7 Å². The van der Waals surface area contributed by atoms with Crippen LogP contribution in [-0.4, -0.2) is 13.7 Å². The zero-order valence-corrected chi connectivity index (χ0v) is 7.97. The maximum Gasteiger partial charge on any atom is 0.163 e. The highest BCUT2D eigenvalue weighted by atomic mass is 19.2. The van der Waals surface area contributed by atoms with E-state index in [1.165, 1.54) is 19.2 Å². The summed E-state index contributed by atoms with van der Waals surface area (Å²) in [5.41, 5.74) is 5.86. The molecule has 2 nitrogen and oxygen atoms in total. The minimum atomic E-state index is -0.865. The summed E-state index contributed by atoms with van der Waals surface area (Å²) in [7, 11) is 1.54. The van der Waals surface area contributed by atoms with Crippen LogP contribution in [0, 0.1) is 11.6 Å². The Morgan fingerprint density at radius 1 is 1.43 bits per heavy atom. The molecule has 2 N–H and O–H groups in total. The van der Waals surface area contributed by atoms with Gasteiger partial charge in [-0.25, -0.2) is 8.78 Å². The molecule has 1 aromatic carbocycles. The van der Waals surface area contributed by atoms with Crippen molar-refractivity contribution in [2.45, 2.75) is 12.5 Å². The predicted octanol–water partition coefficient (Wildman–Crippen LogP) is 2.00. The fourth-order valence-corrected chi connectivity index (χ4v) is 1.21. The first kappa shape index (κ1) is 11.1. The number of methoxy groups -OCH3 is 1. The van der Waals surface area contributed by atoms with Crippen LogP contribution in [-0.2, 0) is 4.74 Å². The van der Waals surface area contributed by atoms with Crippen molar-refractivity contribution in [1.29, 1.82) is 0 Å². The van der Waals surface area contributed by atoms with Gasteiger partial charge in [0.05, 0.1) is 0 Å². The standard InChI is InChI=1S/C10H13F2NO/c1-14-6-5-9(13)7-3-2-4-8(11)10(7)12/h2-4,9H,5-6,13H2,1H3. The average molecular weight is 201 g/mol. The first-order chi connectivity index (χ1) is 6.66. The third-order valence-electron chi connectivity index (χ3n) is 2.01. The fraction of sp³-hybridized carbons (Fsp3) is 0.400. The highest BCUT2D eigenvalue weighted by Gasteiger charge is 2.13. The Morgan fingerprint density at radius 3 is 2.79 bits per heavy atom. The van der Waals surface area contributed by atoms with E-state index in [4.69, 9.17) is 10.5 Å². The average Bonchev–Trinajstić information content (AvgIpc) is 2.18. The number of rotatable bonds is 4. The van der Waals surface area contributed by atoms with Gasteiger partial charge in [-0.2, -0.15) is 0 Å². The Kier molecular flexibility index (Phi) is 3.98. The molecule has 0 saturated carbocycles. The van der Waals surface area contributed by atoms with E-state index in [-0.39, 0.29) is 5.56 Å². The molecule has 0 amide bonds. The molecule has 0 aromatic heterocycles. The molecule has 0 heterocycles. The summed E-state index contributed by atoms with van der Waals surface area (Å²) in [6, 6.07) is 3.48. The van der Waals surface area contributed by atoms with Crippen LogP contribution >= 0.6 is 0 Å². The molecular formula is C10H13F2NO. The van der Waals surface area contributed by atoms with Crippen molar-refractivity contribution in [2.24, 2.45) is 5.73 Å². The lowest BCUT2D eigenvalue weighted by atomic mass is 10.0. The molecule has 1 aromatic rings. The van der Waals surface area contributed by atoms with E-state index < -0.39 is 17.7 Å².